The first-order chi connectivity index (χ1) is 7.66. The van der Waals surface area contributed by atoms with E-state index in [9.17, 15) is 4.79 Å². The Bertz CT molecular complexity index is 416. The summed E-state index contributed by atoms with van der Waals surface area (Å²) in [6.45, 7) is 4.75. The molecule has 5 nitrogen and oxygen atoms in total. The molecule has 1 aromatic rings. The zero-order valence-corrected chi connectivity index (χ0v) is 9.96. The van der Waals surface area contributed by atoms with Crippen molar-refractivity contribution >= 4 is 23.9 Å². The zero-order chi connectivity index (χ0) is 11.5. The summed E-state index contributed by atoms with van der Waals surface area (Å²) in [5.74, 6) is 1.02. The van der Waals surface area contributed by atoms with Crippen molar-refractivity contribution in [3.05, 3.63) is 17.0 Å². The van der Waals surface area contributed by atoms with Crippen LogP contribution in [0.1, 0.15) is 6.92 Å². The topological polar surface area (TPSA) is 52.2 Å². The predicted octanol–water partition coefficient (Wildman–Crippen LogP) is 0.808. The van der Waals surface area contributed by atoms with Crippen LogP contribution in [0.5, 0.6) is 0 Å². The molecule has 1 aromatic heterocycles. The molecule has 6 heteroatoms. The van der Waals surface area contributed by atoms with Gasteiger partial charge in [-0.25, -0.2) is 4.98 Å². The number of nitrogens with zero attached hydrogens (tertiary/aromatic N) is 3. The Labute approximate surface area is 99.1 Å². The maximum Gasteiger partial charge on any atom is 0.219 e. The van der Waals surface area contributed by atoms with Gasteiger partial charge in [-0.1, -0.05) is 12.2 Å². The van der Waals surface area contributed by atoms with E-state index < -0.39 is 0 Å². The van der Waals surface area contributed by atoms with Crippen molar-refractivity contribution in [1.82, 2.24) is 14.9 Å². The van der Waals surface area contributed by atoms with E-state index in [1.54, 1.807) is 13.1 Å². The lowest BCUT2D eigenvalue weighted by molar-refractivity contribution is -0.129. The maximum atomic E-state index is 11.2. The van der Waals surface area contributed by atoms with E-state index in [1.807, 2.05) is 11.1 Å². The van der Waals surface area contributed by atoms with Crippen LogP contribution in [0, 0.1) is 4.64 Å². The van der Waals surface area contributed by atoms with Gasteiger partial charge < -0.3 is 14.8 Å². The number of aromatic nitrogens is 2. The van der Waals surface area contributed by atoms with Crippen LogP contribution in [0.4, 0.5) is 5.82 Å². The lowest BCUT2D eigenvalue weighted by Gasteiger charge is -2.34. The monoisotopic (exact) mass is 238 g/mol. The third-order valence-electron chi connectivity index (χ3n) is 2.71. The highest BCUT2D eigenvalue weighted by Gasteiger charge is 2.19. The second kappa shape index (κ2) is 4.61. The van der Waals surface area contributed by atoms with E-state index in [0.717, 1.165) is 32.0 Å². The summed E-state index contributed by atoms with van der Waals surface area (Å²) in [6, 6.07) is 0. The first-order valence-electron chi connectivity index (χ1n) is 5.22. The molecule has 86 valence electrons. The Kier molecular flexibility index (Phi) is 3.19. The van der Waals surface area contributed by atoms with Gasteiger partial charge in [0.1, 0.15) is 10.5 Å². The molecule has 0 aromatic carbocycles. The second-order valence-corrected chi connectivity index (χ2v) is 4.20. The standard InChI is InChI=1S/C10H14N4OS/c1-8(15)13-2-4-14(5-3-13)9-6-12-10(16)7-11-9/h6-7H,2-5H2,1H3,(H,12,16). The lowest BCUT2D eigenvalue weighted by atomic mass is 10.3. The van der Waals surface area contributed by atoms with Gasteiger partial charge in [-0.3, -0.25) is 4.79 Å². The lowest BCUT2D eigenvalue weighted by Crippen LogP contribution is -2.48. The van der Waals surface area contributed by atoms with Gasteiger partial charge in [0.25, 0.3) is 0 Å². The highest BCUT2D eigenvalue weighted by molar-refractivity contribution is 7.71. The highest BCUT2D eigenvalue weighted by Crippen LogP contribution is 2.11. The van der Waals surface area contributed by atoms with Crippen molar-refractivity contribution in [2.75, 3.05) is 31.1 Å². The summed E-state index contributed by atoms with van der Waals surface area (Å²) in [6.07, 6.45) is 3.45. The minimum Gasteiger partial charge on any atom is -0.352 e. The first-order valence-corrected chi connectivity index (χ1v) is 5.63. The smallest absolute Gasteiger partial charge is 0.219 e. The fourth-order valence-corrected chi connectivity index (χ4v) is 1.87. The van der Waals surface area contributed by atoms with Gasteiger partial charge in [0.2, 0.25) is 5.91 Å². The van der Waals surface area contributed by atoms with Gasteiger partial charge in [0.15, 0.2) is 0 Å². The number of piperazine rings is 1. The SMILES string of the molecule is CC(=O)N1CCN(c2c[nH]c(=S)cn2)CC1. The molecule has 0 atom stereocenters. The van der Waals surface area contributed by atoms with Gasteiger partial charge in [-0.05, 0) is 0 Å². The maximum absolute atomic E-state index is 11.2. The molecule has 16 heavy (non-hydrogen) atoms. The second-order valence-electron chi connectivity index (χ2n) is 3.76. The highest BCUT2D eigenvalue weighted by atomic mass is 32.1. The molecule has 0 radical (unpaired) electrons. The summed E-state index contributed by atoms with van der Waals surface area (Å²) < 4.78 is 0.631. The van der Waals surface area contributed by atoms with E-state index in [1.165, 1.54) is 0 Å². The summed E-state index contributed by atoms with van der Waals surface area (Å²) >= 11 is 4.94. The van der Waals surface area contributed by atoms with Crippen LogP contribution in [0.15, 0.2) is 12.4 Å². The van der Waals surface area contributed by atoms with E-state index in [0.29, 0.717) is 4.64 Å². The fourth-order valence-electron chi connectivity index (χ4n) is 1.76. The predicted molar refractivity (Wildman–Crippen MR) is 63.9 cm³/mol. The average molecular weight is 238 g/mol. The number of anilines is 1. The van der Waals surface area contributed by atoms with Crippen LogP contribution in [-0.2, 0) is 4.79 Å². The van der Waals surface area contributed by atoms with Gasteiger partial charge in [0.05, 0.1) is 6.20 Å². The van der Waals surface area contributed by atoms with Crippen LogP contribution >= 0.6 is 12.2 Å². The molecule has 1 saturated heterocycles. The molecule has 0 unspecified atom stereocenters. The first kappa shape index (κ1) is 11.1. The van der Waals surface area contributed by atoms with Crippen molar-refractivity contribution in [1.29, 1.82) is 0 Å². The Hall–Kier alpha value is -1.43. The number of aromatic amines is 1. The molecule has 0 aliphatic carbocycles. The van der Waals surface area contributed by atoms with Crippen molar-refractivity contribution in [3.63, 3.8) is 0 Å². The molecule has 0 bridgehead atoms. The minimum atomic E-state index is 0.139. The summed E-state index contributed by atoms with van der Waals surface area (Å²) in [5, 5.41) is 0. The van der Waals surface area contributed by atoms with Crippen LogP contribution in [0.2, 0.25) is 0 Å². The van der Waals surface area contributed by atoms with E-state index in [2.05, 4.69) is 14.9 Å². The van der Waals surface area contributed by atoms with Crippen molar-refractivity contribution < 1.29 is 4.79 Å². The third kappa shape index (κ3) is 2.38. The molecule has 1 amide bonds. The number of rotatable bonds is 1. The molecule has 2 rings (SSSR count). The Morgan fingerprint density at radius 1 is 1.44 bits per heavy atom. The number of hydrogen-bond donors (Lipinski definition) is 1. The zero-order valence-electron chi connectivity index (χ0n) is 9.14. The van der Waals surface area contributed by atoms with E-state index in [4.69, 9.17) is 12.2 Å². The molecule has 0 spiro atoms. The molecule has 0 saturated carbocycles. The molecule has 1 N–H and O–H groups in total. The van der Waals surface area contributed by atoms with Crippen molar-refractivity contribution in [2.45, 2.75) is 6.92 Å². The van der Waals surface area contributed by atoms with Gasteiger partial charge >= 0.3 is 0 Å². The fraction of sp³-hybridized carbons (Fsp3) is 0.500. The number of H-pyrrole nitrogens is 1. The Balaban J connectivity index is 2.01. The van der Waals surface area contributed by atoms with Crippen LogP contribution in [-0.4, -0.2) is 47.0 Å². The summed E-state index contributed by atoms with van der Waals surface area (Å²) in [5.41, 5.74) is 0. The molecule has 1 fully saturated rings. The molecule has 1 aliphatic rings. The molecule has 1 aliphatic heterocycles. The number of carbonyl (C=O) groups is 1. The largest absolute Gasteiger partial charge is 0.352 e. The quantitative estimate of drug-likeness (QED) is 0.736. The van der Waals surface area contributed by atoms with E-state index >= 15 is 0 Å². The van der Waals surface area contributed by atoms with Crippen LogP contribution in [0.3, 0.4) is 0 Å². The minimum absolute atomic E-state index is 0.139. The average Bonchev–Trinajstić information content (AvgIpc) is 2.30. The van der Waals surface area contributed by atoms with Crippen LogP contribution < -0.4 is 4.90 Å². The number of nitrogens with one attached hydrogen (secondary N) is 1. The number of amides is 1. The summed E-state index contributed by atoms with van der Waals surface area (Å²) in [4.78, 5) is 22.4. The summed E-state index contributed by atoms with van der Waals surface area (Å²) in [7, 11) is 0. The van der Waals surface area contributed by atoms with Crippen molar-refractivity contribution in [3.8, 4) is 0 Å². The number of hydrogen-bond acceptors (Lipinski definition) is 4. The van der Waals surface area contributed by atoms with Crippen LogP contribution in [0.25, 0.3) is 0 Å². The third-order valence-corrected chi connectivity index (χ3v) is 2.93. The van der Waals surface area contributed by atoms with Gasteiger partial charge in [0, 0.05) is 39.3 Å². The van der Waals surface area contributed by atoms with Gasteiger partial charge in [-0.2, -0.15) is 0 Å². The number of carbonyl (C=O) groups excluding carboxylic acids is 1. The van der Waals surface area contributed by atoms with E-state index in [-0.39, 0.29) is 5.91 Å². The molecular weight excluding hydrogens is 224 g/mol. The normalized spacial score (nSPS) is 16.3. The van der Waals surface area contributed by atoms with Gasteiger partial charge in [-0.15, -0.1) is 0 Å². The Morgan fingerprint density at radius 2 is 2.12 bits per heavy atom. The molecule has 2 heterocycles. The van der Waals surface area contributed by atoms with Crippen molar-refractivity contribution in [2.24, 2.45) is 0 Å². The molecular formula is C10H14N4OS. The Morgan fingerprint density at radius 3 is 2.62 bits per heavy atom.